The molecule has 1 rings (SSSR count). The zero-order chi connectivity index (χ0) is 8.97. The monoisotopic (exact) mass is 159 g/mol. The molecule has 0 aliphatic heterocycles. The average Bonchev–Trinajstić information content (AvgIpc) is 2.08. The molecule has 12 heavy (non-hydrogen) atoms. The maximum Gasteiger partial charge on any atom is 0.0287 e. The molecule has 0 aromatic heterocycles. The first kappa shape index (κ1) is 8.72. The zero-order valence-corrected chi connectivity index (χ0v) is 7.54. The van der Waals surface area contributed by atoms with Crippen LogP contribution in [0.5, 0.6) is 0 Å². The predicted octanol–water partition coefficient (Wildman–Crippen LogP) is 2.69. The highest BCUT2D eigenvalue weighted by Crippen LogP contribution is 2.10. The number of aryl methyl sites for hydroxylation is 1. The third-order valence-corrected chi connectivity index (χ3v) is 1.73. The maximum atomic E-state index is 3.97. The van der Waals surface area contributed by atoms with Crippen molar-refractivity contribution in [3.63, 3.8) is 0 Å². The molecule has 0 aliphatic rings. The minimum Gasteiger partial charge on any atom is -0.296 e. The summed E-state index contributed by atoms with van der Waals surface area (Å²) in [5.74, 6) is 0. The summed E-state index contributed by atoms with van der Waals surface area (Å²) < 4.78 is 0. The molecule has 1 heteroatoms. The molecule has 0 saturated carbocycles. The summed E-state index contributed by atoms with van der Waals surface area (Å²) >= 11 is 0. The van der Waals surface area contributed by atoms with Crippen molar-refractivity contribution in [3.05, 3.63) is 41.5 Å². The summed E-state index contributed by atoms with van der Waals surface area (Å²) in [4.78, 5) is 3.97. The lowest BCUT2D eigenvalue weighted by atomic mass is 10.1. The van der Waals surface area contributed by atoms with Gasteiger partial charge in [-0.3, -0.25) is 4.99 Å². The molecule has 0 saturated heterocycles. The number of nitrogens with zero attached hydrogens (tertiary/aromatic N) is 1. The molecular formula is C11H13N. The second-order valence-electron chi connectivity index (χ2n) is 2.72. The van der Waals surface area contributed by atoms with E-state index in [1.807, 2.05) is 12.3 Å². The van der Waals surface area contributed by atoms with E-state index in [2.05, 4.69) is 36.7 Å². The molecule has 0 amide bonds. The number of hydrogen-bond acceptors (Lipinski definition) is 1. The second kappa shape index (κ2) is 3.86. The molecule has 62 valence electrons. The molecule has 0 atom stereocenters. The first-order valence-corrected chi connectivity index (χ1v) is 3.93. The lowest BCUT2D eigenvalue weighted by molar-refractivity contribution is 1.42. The Morgan fingerprint density at radius 1 is 1.33 bits per heavy atom. The molecule has 0 heterocycles. The smallest absolute Gasteiger partial charge is 0.0287 e. The third-order valence-electron chi connectivity index (χ3n) is 1.73. The molecule has 1 aromatic rings. The zero-order valence-electron chi connectivity index (χ0n) is 7.54. The van der Waals surface area contributed by atoms with Gasteiger partial charge in [-0.2, -0.15) is 0 Å². The van der Waals surface area contributed by atoms with Crippen LogP contribution in [-0.2, 0) is 0 Å². The molecule has 1 aromatic carbocycles. The van der Waals surface area contributed by atoms with E-state index < -0.39 is 0 Å². The van der Waals surface area contributed by atoms with Crippen LogP contribution in [0.3, 0.4) is 0 Å². The largest absolute Gasteiger partial charge is 0.296 e. The average molecular weight is 159 g/mol. The molecule has 0 fully saturated rings. The minimum absolute atomic E-state index is 1.12. The van der Waals surface area contributed by atoms with E-state index in [-0.39, 0.29) is 0 Å². The minimum atomic E-state index is 1.12. The first-order chi connectivity index (χ1) is 5.77. The standard InChI is InChI=1S/C11H13N/c1-4-10-7-9(2)5-6-11(10)8-12-3/h4-8H,1H2,2-3H3. The summed E-state index contributed by atoms with van der Waals surface area (Å²) in [7, 11) is 1.77. The van der Waals surface area contributed by atoms with Gasteiger partial charge in [-0.15, -0.1) is 0 Å². The molecule has 1 nitrogen and oxygen atoms in total. The van der Waals surface area contributed by atoms with E-state index in [1.54, 1.807) is 7.05 Å². The van der Waals surface area contributed by atoms with Crippen molar-refractivity contribution >= 4 is 12.3 Å². The summed E-state index contributed by atoms with van der Waals surface area (Å²) in [6.07, 6.45) is 3.69. The van der Waals surface area contributed by atoms with Crippen molar-refractivity contribution in [2.45, 2.75) is 6.92 Å². The van der Waals surface area contributed by atoms with Gasteiger partial charge in [-0.05, 0) is 18.1 Å². The van der Waals surface area contributed by atoms with Gasteiger partial charge in [0, 0.05) is 13.3 Å². The molecule has 0 bridgehead atoms. The van der Waals surface area contributed by atoms with E-state index in [0.717, 1.165) is 11.1 Å². The van der Waals surface area contributed by atoms with Crippen molar-refractivity contribution in [2.75, 3.05) is 7.05 Å². The van der Waals surface area contributed by atoms with Gasteiger partial charge in [0.2, 0.25) is 0 Å². The van der Waals surface area contributed by atoms with Crippen molar-refractivity contribution in [3.8, 4) is 0 Å². The van der Waals surface area contributed by atoms with Crippen LogP contribution in [-0.4, -0.2) is 13.3 Å². The fourth-order valence-electron chi connectivity index (χ4n) is 1.13. The van der Waals surface area contributed by atoms with Gasteiger partial charge in [0.25, 0.3) is 0 Å². The SMILES string of the molecule is C=Cc1cc(C)ccc1C=NC. The van der Waals surface area contributed by atoms with Crippen LogP contribution in [0.25, 0.3) is 6.08 Å². The summed E-state index contributed by atoms with van der Waals surface area (Å²) in [5, 5.41) is 0. The van der Waals surface area contributed by atoms with Gasteiger partial charge in [0.1, 0.15) is 0 Å². The maximum absolute atomic E-state index is 3.97. The number of aliphatic imine (C=N–C) groups is 1. The lowest BCUT2D eigenvalue weighted by Gasteiger charge is -2.00. The van der Waals surface area contributed by atoms with Crippen LogP contribution in [0, 0.1) is 6.92 Å². The van der Waals surface area contributed by atoms with Gasteiger partial charge < -0.3 is 0 Å². The van der Waals surface area contributed by atoms with Gasteiger partial charge in [0.05, 0.1) is 0 Å². The third kappa shape index (κ3) is 1.82. The molecule has 0 unspecified atom stereocenters. The van der Waals surface area contributed by atoms with Crippen molar-refractivity contribution in [1.82, 2.24) is 0 Å². The van der Waals surface area contributed by atoms with Crippen molar-refractivity contribution in [1.29, 1.82) is 0 Å². The Balaban J connectivity index is 3.19. The van der Waals surface area contributed by atoms with E-state index in [9.17, 15) is 0 Å². The Bertz CT molecular complexity index is 311. The van der Waals surface area contributed by atoms with Crippen LogP contribution in [0.15, 0.2) is 29.8 Å². The highest BCUT2D eigenvalue weighted by molar-refractivity contribution is 5.85. The predicted molar refractivity (Wildman–Crippen MR) is 54.8 cm³/mol. The number of hydrogen-bond donors (Lipinski definition) is 0. The van der Waals surface area contributed by atoms with Crippen LogP contribution < -0.4 is 0 Å². The summed E-state index contributed by atoms with van der Waals surface area (Å²) in [6, 6.07) is 6.23. The molecule has 0 aliphatic carbocycles. The summed E-state index contributed by atoms with van der Waals surface area (Å²) in [6.45, 7) is 5.82. The van der Waals surface area contributed by atoms with E-state index in [4.69, 9.17) is 0 Å². The number of rotatable bonds is 2. The van der Waals surface area contributed by atoms with E-state index in [1.165, 1.54) is 5.56 Å². The Hall–Kier alpha value is -1.37. The normalized spacial score (nSPS) is 10.5. The first-order valence-electron chi connectivity index (χ1n) is 3.93. The van der Waals surface area contributed by atoms with Gasteiger partial charge in [0.15, 0.2) is 0 Å². The topological polar surface area (TPSA) is 12.4 Å². The number of benzene rings is 1. The summed E-state index contributed by atoms with van der Waals surface area (Å²) in [5.41, 5.74) is 3.51. The molecular weight excluding hydrogens is 146 g/mol. The highest BCUT2D eigenvalue weighted by atomic mass is 14.6. The van der Waals surface area contributed by atoms with Crippen molar-refractivity contribution < 1.29 is 0 Å². The Labute approximate surface area is 73.5 Å². The van der Waals surface area contributed by atoms with Crippen LogP contribution in [0.4, 0.5) is 0 Å². The van der Waals surface area contributed by atoms with Crippen LogP contribution in [0.1, 0.15) is 16.7 Å². The highest BCUT2D eigenvalue weighted by Gasteiger charge is 1.94. The Kier molecular flexibility index (Phi) is 2.81. The lowest BCUT2D eigenvalue weighted by Crippen LogP contribution is -1.87. The molecule has 0 N–H and O–H groups in total. The Morgan fingerprint density at radius 2 is 2.08 bits per heavy atom. The quantitative estimate of drug-likeness (QED) is 0.588. The van der Waals surface area contributed by atoms with Gasteiger partial charge in [-0.1, -0.05) is 36.4 Å². The van der Waals surface area contributed by atoms with E-state index >= 15 is 0 Å². The molecule has 0 radical (unpaired) electrons. The molecule has 0 spiro atoms. The van der Waals surface area contributed by atoms with Crippen LogP contribution in [0.2, 0.25) is 0 Å². The van der Waals surface area contributed by atoms with E-state index in [0.29, 0.717) is 0 Å². The van der Waals surface area contributed by atoms with Gasteiger partial charge in [-0.25, -0.2) is 0 Å². The Morgan fingerprint density at radius 3 is 2.67 bits per heavy atom. The fraction of sp³-hybridized carbons (Fsp3) is 0.182. The fourth-order valence-corrected chi connectivity index (χ4v) is 1.13. The second-order valence-corrected chi connectivity index (χ2v) is 2.72. The van der Waals surface area contributed by atoms with Crippen molar-refractivity contribution in [2.24, 2.45) is 4.99 Å². The van der Waals surface area contributed by atoms with Crippen LogP contribution >= 0.6 is 0 Å². The van der Waals surface area contributed by atoms with Gasteiger partial charge >= 0.3 is 0 Å².